The molecule has 2 heterocycles. The zero-order chi connectivity index (χ0) is 41.2. The largest absolute Gasteiger partial charge is 0.489 e. The minimum atomic E-state index is -1.18. The third-order valence-electron chi connectivity index (χ3n) is 11.8. The molecule has 1 saturated carbocycles. The van der Waals surface area contributed by atoms with Gasteiger partial charge in [0.1, 0.15) is 23.9 Å². The second-order valence-corrected chi connectivity index (χ2v) is 17.1. The number of nitrogens with zero attached hydrogens (tertiary/aromatic N) is 1. The number of nitrogens with one attached hydrogen (secondary N) is 1. The Balaban J connectivity index is 1.37. The van der Waals surface area contributed by atoms with Gasteiger partial charge in [0.05, 0.1) is 30.1 Å². The summed E-state index contributed by atoms with van der Waals surface area (Å²) in [5, 5.41) is 27.3. The van der Waals surface area contributed by atoms with Crippen LogP contribution in [0.3, 0.4) is 0 Å². The highest BCUT2D eigenvalue weighted by Crippen LogP contribution is 2.63. The Labute approximate surface area is 351 Å². The van der Waals surface area contributed by atoms with E-state index in [0.717, 1.165) is 66.7 Å². The fraction of sp³-hybridized carbons (Fsp3) is 0.489. The molecule has 3 aromatic carbocycles. The second kappa shape index (κ2) is 20.4. The number of fused-ring (bicyclic) bond motifs is 2. The first-order valence-corrected chi connectivity index (χ1v) is 22.0. The smallest absolute Gasteiger partial charge is 0.231 e. The number of halogens is 1. The number of hydrogen-bond donors (Lipinski definition) is 3. The number of amides is 1. The summed E-state index contributed by atoms with van der Waals surface area (Å²) >= 11 is 1.64. The van der Waals surface area contributed by atoms with Crippen LogP contribution in [0.1, 0.15) is 88.2 Å². The van der Waals surface area contributed by atoms with E-state index in [0.29, 0.717) is 48.6 Å². The lowest BCUT2D eigenvalue weighted by molar-refractivity contribution is -0.223. The van der Waals surface area contributed by atoms with Crippen LogP contribution >= 0.6 is 11.8 Å². The molecule has 0 bridgehead atoms. The van der Waals surface area contributed by atoms with E-state index in [2.05, 4.69) is 18.0 Å². The van der Waals surface area contributed by atoms with Crippen LogP contribution in [0, 0.1) is 23.6 Å². The molecule has 0 aromatic heterocycles. The van der Waals surface area contributed by atoms with Crippen LogP contribution in [0.2, 0.25) is 0 Å². The molecule has 7 atom stereocenters. The van der Waals surface area contributed by atoms with Gasteiger partial charge in [0, 0.05) is 60.6 Å². The van der Waals surface area contributed by atoms with Gasteiger partial charge in [0.15, 0.2) is 0 Å². The van der Waals surface area contributed by atoms with Crippen molar-refractivity contribution in [1.29, 1.82) is 0 Å². The molecule has 0 radical (unpaired) electrons. The molecule has 1 unspecified atom stereocenters. The van der Waals surface area contributed by atoms with Crippen LogP contribution in [-0.2, 0) is 25.7 Å². The van der Waals surface area contributed by atoms with Crippen molar-refractivity contribution in [3.05, 3.63) is 108 Å². The van der Waals surface area contributed by atoms with Crippen molar-refractivity contribution in [2.45, 2.75) is 106 Å². The summed E-state index contributed by atoms with van der Waals surface area (Å²) in [7, 11) is 0. The Morgan fingerprint density at radius 3 is 2.58 bits per heavy atom. The number of anilines is 1. The highest BCUT2D eigenvalue weighted by molar-refractivity contribution is 8.00. The normalized spacial score (nSPS) is 26.5. The maximum atomic E-state index is 14.7. The topological polar surface area (TPSA) is 128 Å². The minimum Gasteiger partial charge on any atom is -0.489 e. The van der Waals surface area contributed by atoms with Gasteiger partial charge in [-0.1, -0.05) is 48.3 Å². The van der Waals surface area contributed by atoms with Crippen LogP contribution in [0.15, 0.2) is 101 Å². The molecule has 4 aliphatic rings. The average molecular weight is 829 g/mol. The summed E-state index contributed by atoms with van der Waals surface area (Å²) in [6.45, 7) is 6.68. The number of carbonyl (C=O) groups excluding carboxylic acids is 1. The van der Waals surface area contributed by atoms with Gasteiger partial charge >= 0.3 is 0 Å². The monoisotopic (exact) mass is 828 g/mol. The summed E-state index contributed by atoms with van der Waals surface area (Å²) in [6, 6.07) is 20.3. The Kier molecular flexibility index (Phi) is 14.8. The number of oxime groups is 1. The quantitative estimate of drug-likeness (QED) is 0.0616. The molecule has 1 amide bonds. The van der Waals surface area contributed by atoms with E-state index in [1.807, 2.05) is 42.5 Å². The van der Waals surface area contributed by atoms with Crippen molar-refractivity contribution in [3.8, 4) is 11.5 Å². The van der Waals surface area contributed by atoms with E-state index < -0.39 is 12.1 Å². The van der Waals surface area contributed by atoms with Crippen LogP contribution in [0.4, 0.5) is 10.1 Å². The van der Waals surface area contributed by atoms with Crippen LogP contribution in [0.5, 0.6) is 11.5 Å². The number of unbranched alkanes of at least 4 members (excludes halogenated alkanes) is 2. The van der Waals surface area contributed by atoms with E-state index >= 15 is 0 Å². The fourth-order valence-corrected chi connectivity index (χ4v) is 10.5. The lowest BCUT2D eigenvalue weighted by atomic mass is 9.56. The standard InChI is InChI=1S/C47H57FN2O8S/c1-3-25-56-47-43(59-36-20-17-34(18-21-36)49-31(2)53)29-41(50-58-44-16-8-11-26-54-44)38-27-32(12-6-9-23-51)37(14-7-10-24-52)45(46(38)47)39-28-35(19-22-42(39)57-47)55-30-33-13-4-5-15-40(33)48/h3-5,13,15,17-22,27-28,32,37,43-46,51-52H,1,6-12,14,16,23-26,29-30H2,2H3,(H,49,53)/t32-,37+,43-,44?,45+,46+,47+/m0/s1. The SMILES string of the molecule is C=CCO[C@@]12Oc3ccc(OCc4ccccc4F)cc3[C@H]3[C@H](CCCCO)[C@@H](CCCCO)C=C(C(=NOC4CCCCO4)C[C@@H]1Sc1ccc(NC(C)=O)cc1)[C@H]32. The summed E-state index contributed by atoms with van der Waals surface area (Å²) in [5.41, 5.74) is 3.99. The lowest BCUT2D eigenvalue weighted by Crippen LogP contribution is -2.64. The molecule has 7 rings (SSSR count). The van der Waals surface area contributed by atoms with Crippen molar-refractivity contribution >= 4 is 29.1 Å². The third-order valence-corrected chi connectivity index (χ3v) is 13.2. The summed E-state index contributed by atoms with van der Waals surface area (Å²) < 4.78 is 41.3. The number of hydrogen-bond acceptors (Lipinski definition) is 10. The first-order chi connectivity index (χ1) is 28.8. The molecule has 2 fully saturated rings. The molecule has 12 heteroatoms. The van der Waals surface area contributed by atoms with Gasteiger partial charge in [-0.2, -0.15) is 0 Å². The number of allylic oxidation sites excluding steroid dienone is 1. The fourth-order valence-electron chi connectivity index (χ4n) is 9.19. The van der Waals surface area contributed by atoms with Gasteiger partial charge in [-0.05, 0) is 104 Å². The molecule has 0 spiro atoms. The van der Waals surface area contributed by atoms with E-state index in [9.17, 15) is 19.4 Å². The number of benzene rings is 3. The predicted octanol–water partition coefficient (Wildman–Crippen LogP) is 9.32. The van der Waals surface area contributed by atoms with Crippen molar-refractivity contribution in [2.24, 2.45) is 22.9 Å². The van der Waals surface area contributed by atoms with Gasteiger partial charge in [-0.3, -0.25) is 4.79 Å². The maximum absolute atomic E-state index is 14.7. The van der Waals surface area contributed by atoms with Crippen molar-refractivity contribution in [2.75, 3.05) is 31.7 Å². The molecule has 1 saturated heterocycles. The number of thioether (sulfide) groups is 1. The summed E-state index contributed by atoms with van der Waals surface area (Å²) in [5.74, 6) is -0.612. The zero-order valence-electron chi connectivity index (χ0n) is 33.9. The Morgan fingerprint density at radius 1 is 1.05 bits per heavy atom. The molecular weight excluding hydrogens is 772 g/mol. The summed E-state index contributed by atoms with van der Waals surface area (Å²) in [4.78, 5) is 19.0. The number of rotatable bonds is 19. The molecule has 3 N–H and O–H groups in total. The molecule has 2 aliphatic heterocycles. The van der Waals surface area contributed by atoms with Crippen molar-refractivity contribution < 1.29 is 43.2 Å². The van der Waals surface area contributed by atoms with Crippen molar-refractivity contribution in [3.63, 3.8) is 0 Å². The van der Waals surface area contributed by atoms with E-state index in [1.54, 1.807) is 36.0 Å². The van der Waals surface area contributed by atoms with Gasteiger partial charge < -0.3 is 39.3 Å². The predicted molar refractivity (Wildman–Crippen MR) is 227 cm³/mol. The van der Waals surface area contributed by atoms with Crippen molar-refractivity contribution in [1.82, 2.24) is 0 Å². The number of ether oxygens (including phenoxy) is 4. The Bertz CT molecular complexity index is 1950. The average Bonchev–Trinajstić information content (AvgIpc) is 3.24. The highest BCUT2D eigenvalue weighted by atomic mass is 32.2. The van der Waals surface area contributed by atoms with Gasteiger partial charge in [0.25, 0.3) is 0 Å². The second-order valence-electron chi connectivity index (χ2n) is 15.9. The molecule has 316 valence electrons. The molecule has 2 aliphatic carbocycles. The first-order valence-electron chi connectivity index (χ1n) is 21.1. The van der Waals surface area contributed by atoms with Crippen LogP contribution in [0.25, 0.3) is 0 Å². The van der Waals surface area contributed by atoms with E-state index in [1.165, 1.54) is 13.0 Å². The molecule has 59 heavy (non-hydrogen) atoms. The van der Waals surface area contributed by atoms with E-state index in [-0.39, 0.29) is 67.1 Å². The van der Waals surface area contributed by atoms with Gasteiger partial charge in [0.2, 0.25) is 18.0 Å². The molecule has 3 aromatic rings. The molecular formula is C47H57FN2O8S. The highest BCUT2D eigenvalue weighted by Gasteiger charge is 2.64. The summed E-state index contributed by atoms with van der Waals surface area (Å²) in [6.07, 6.45) is 11.6. The number of carbonyl (C=O) groups is 1. The van der Waals surface area contributed by atoms with Crippen LogP contribution < -0.4 is 14.8 Å². The Morgan fingerprint density at radius 2 is 1.85 bits per heavy atom. The first kappa shape index (κ1) is 42.9. The Hall–Kier alpha value is -4.20. The van der Waals surface area contributed by atoms with Crippen LogP contribution in [-0.4, -0.2) is 65.6 Å². The van der Waals surface area contributed by atoms with E-state index in [4.69, 9.17) is 28.9 Å². The zero-order valence-corrected chi connectivity index (χ0v) is 34.7. The minimum absolute atomic E-state index is 0.0679. The molecule has 10 nitrogen and oxygen atoms in total. The number of aliphatic hydroxyl groups is 2. The van der Waals surface area contributed by atoms with Gasteiger partial charge in [-0.25, -0.2) is 4.39 Å². The third kappa shape index (κ3) is 10.1. The van der Waals surface area contributed by atoms with Gasteiger partial charge in [-0.15, -0.1) is 18.3 Å². The number of aliphatic hydroxyl groups excluding tert-OH is 2. The lowest BCUT2D eigenvalue weighted by Gasteiger charge is -2.58. The maximum Gasteiger partial charge on any atom is 0.231 e.